The molecule has 0 unspecified atom stereocenters. The molecule has 1 aromatic rings. The van der Waals surface area contributed by atoms with Crippen LogP contribution in [0.2, 0.25) is 0 Å². The van der Waals surface area contributed by atoms with Crippen molar-refractivity contribution in [3.8, 4) is 0 Å². The molecule has 0 radical (unpaired) electrons. The Morgan fingerprint density at radius 1 is 1.14 bits per heavy atom. The van der Waals surface area contributed by atoms with Crippen LogP contribution in [0.4, 0.5) is 4.39 Å². The lowest BCUT2D eigenvalue weighted by atomic mass is 9.92. The summed E-state index contributed by atoms with van der Waals surface area (Å²) in [6.07, 6.45) is 1.22. The predicted molar refractivity (Wildman–Crippen MR) is 112 cm³/mol. The highest BCUT2D eigenvalue weighted by molar-refractivity contribution is 7.80. The molecule has 1 aromatic carbocycles. The highest BCUT2D eigenvalue weighted by Gasteiger charge is 2.29. The maximum Gasteiger partial charge on any atom is 0.277 e. The summed E-state index contributed by atoms with van der Waals surface area (Å²) in [6, 6.07) is 6.45. The largest absolute Gasteiger partial charge is 0.358 e. The zero-order valence-corrected chi connectivity index (χ0v) is 17.7. The van der Waals surface area contributed by atoms with Crippen molar-refractivity contribution in [1.29, 1.82) is 0 Å². The lowest BCUT2D eigenvalue weighted by molar-refractivity contribution is -0.896. The second kappa shape index (κ2) is 9.65. The lowest BCUT2D eigenvalue weighted by Gasteiger charge is -2.37. The average molecular weight is 408 g/mol. The molecule has 0 bridgehead atoms. The number of carbonyl (C=O) groups is 1. The minimum Gasteiger partial charge on any atom is -0.358 e. The minimum absolute atomic E-state index is 0.228. The number of nitrogens with zero attached hydrogens (tertiary/aromatic N) is 2. The number of nitrogens with one attached hydrogen (secondary N) is 2. The Balaban J connectivity index is 1.39. The number of thiocarbonyl (C=S) groups is 1. The summed E-state index contributed by atoms with van der Waals surface area (Å²) in [6.45, 7) is 11.0. The van der Waals surface area contributed by atoms with Gasteiger partial charge in [0.2, 0.25) is 0 Å². The van der Waals surface area contributed by atoms with Crippen LogP contribution in [0.25, 0.3) is 0 Å². The standard InChI is InChI=1S/C21H31FN4OS/c1-16-11-17(2)14-26(13-16)20(27)15-24-7-9-25(10-8-24)21(28)23-12-18-3-5-19(22)6-4-18/h3-6,16-17H,7-15H2,1-2H3,(H,23,28)/p+1/t16-,17+. The number of carbonyl (C=O) groups excluding carboxylic acids is 1. The SMILES string of the molecule is C[C@@H]1C[C@H](C)CN(C(=O)C[NH+]2CCN(C(=S)NCc3ccc(F)cc3)CC2)C1. The summed E-state index contributed by atoms with van der Waals surface area (Å²) < 4.78 is 13.0. The second-order valence-electron chi connectivity index (χ2n) is 8.44. The van der Waals surface area contributed by atoms with Gasteiger partial charge in [-0.15, -0.1) is 0 Å². The van der Waals surface area contributed by atoms with E-state index >= 15 is 0 Å². The summed E-state index contributed by atoms with van der Waals surface area (Å²) in [5.41, 5.74) is 1.00. The molecule has 5 nitrogen and oxygen atoms in total. The quantitative estimate of drug-likeness (QED) is 0.728. The van der Waals surface area contributed by atoms with Gasteiger partial charge in [-0.1, -0.05) is 26.0 Å². The number of hydrogen-bond acceptors (Lipinski definition) is 2. The number of quaternary nitrogens is 1. The number of likely N-dealkylation sites (tertiary alicyclic amines) is 1. The van der Waals surface area contributed by atoms with Gasteiger partial charge in [-0.3, -0.25) is 4.79 Å². The number of piperidine rings is 1. The van der Waals surface area contributed by atoms with Crippen molar-refractivity contribution in [3.05, 3.63) is 35.6 Å². The molecule has 3 rings (SSSR count). The van der Waals surface area contributed by atoms with Crippen LogP contribution in [-0.2, 0) is 11.3 Å². The molecule has 2 heterocycles. The maximum absolute atomic E-state index is 13.0. The van der Waals surface area contributed by atoms with Gasteiger partial charge in [-0.25, -0.2) is 4.39 Å². The van der Waals surface area contributed by atoms with Gasteiger partial charge in [0, 0.05) is 19.6 Å². The third kappa shape index (κ3) is 5.88. The Hall–Kier alpha value is -1.73. The van der Waals surface area contributed by atoms with Gasteiger partial charge in [0.05, 0.1) is 26.2 Å². The highest BCUT2D eigenvalue weighted by Crippen LogP contribution is 2.20. The minimum atomic E-state index is -0.228. The van der Waals surface area contributed by atoms with Crippen LogP contribution in [0.5, 0.6) is 0 Å². The molecule has 1 amide bonds. The second-order valence-corrected chi connectivity index (χ2v) is 8.83. The van der Waals surface area contributed by atoms with E-state index in [0.717, 1.165) is 49.9 Å². The Morgan fingerprint density at radius 3 is 2.36 bits per heavy atom. The van der Waals surface area contributed by atoms with E-state index in [1.165, 1.54) is 23.5 Å². The summed E-state index contributed by atoms with van der Waals surface area (Å²) in [4.78, 5) is 18.3. The number of hydrogen-bond donors (Lipinski definition) is 2. The average Bonchev–Trinajstić information content (AvgIpc) is 2.67. The van der Waals surface area contributed by atoms with Crippen molar-refractivity contribution in [2.24, 2.45) is 11.8 Å². The van der Waals surface area contributed by atoms with E-state index in [1.54, 1.807) is 12.1 Å². The maximum atomic E-state index is 13.0. The van der Waals surface area contributed by atoms with Crippen LogP contribution < -0.4 is 10.2 Å². The molecule has 0 saturated carbocycles. The first-order valence-corrected chi connectivity index (χ1v) is 10.7. The molecule has 2 fully saturated rings. The molecule has 2 saturated heterocycles. The van der Waals surface area contributed by atoms with Crippen molar-refractivity contribution in [2.75, 3.05) is 45.8 Å². The van der Waals surface area contributed by atoms with E-state index in [-0.39, 0.29) is 5.82 Å². The Kier molecular flexibility index (Phi) is 7.24. The van der Waals surface area contributed by atoms with E-state index in [2.05, 4.69) is 29.0 Å². The molecule has 2 aliphatic rings. The van der Waals surface area contributed by atoms with Gasteiger partial charge >= 0.3 is 0 Å². The summed E-state index contributed by atoms with van der Waals surface area (Å²) in [7, 11) is 0. The van der Waals surface area contributed by atoms with Crippen molar-refractivity contribution >= 4 is 23.2 Å². The highest BCUT2D eigenvalue weighted by atomic mass is 32.1. The molecule has 2 aliphatic heterocycles. The molecule has 28 heavy (non-hydrogen) atoms. The molecular weight excluding hydrogens is 375 g/mol. The van der Waals surface area contributed by atoms with Crippen LogP contribution in [0.15, 0.2) is 24.3 Å². The number of benzene rings is 1. The number of halogens is 1. The van der Waals surface area contributed by atoms with E-state index in [1.807, 2.05) is 0 Å². The molecule has 2 N–H and O–H groups in total. The van der Waals surface area contributed by atoms with E-state index < -0.39 is 0 Å². The fourth-order valence-electron chi connectivity index (χ4n) is 4.29. The van der Waals surface area contributed by atoms with Gasteiger partial charge in [0.1, 0.15) is 5.82 Å². The Morgan fingerprint density at radius 2 is 1.75 bits per heavy atom. The molecule has 154 valence electrons. The predicted octanol–water partition coefficient (Wildman–Crippen LogP) is 0.905. The van der Waals surface area contributed by atoms with Gasteiger partial charge in [-0.2, -0.15) is 0 Å². The topological polar surface area (TPSA) is 40.0 Å². The van der Waals surface area contributed by atoms with E-state index in [4.69, 9.17) is 12.2 Å². The molecular formula is C21H32FN4OS+. The van der Waals surface area contributed by atoms with Crippen molar-refractivity contribution in [1.82, 2.24) is 15.1 Å². The molecule has 0 aromatic heterocycles. The molecule has 2 atom stereocenters. The number of amides is 1. The molecule has 0 aliphatic carbocycles. The Bertz CT molecular complexity index is 665. The van der Waals surface area contributed by atoms with Crippen molar-refractivity contribution in [3.63, 3.8) is 0 Å². The Labute approximate surface area is 172 Å². The van der Waals surface area contributed by atoms with Crippen molar-refractivity contribution < 1.29 is 14.1 Å². The van der Waals surface area contributed by atoms with Gasteiger partial charge in [0.15, 0.2) is 11.7 Å². The third-order valence-corrected chi connectivity index (χ3v) is 6.14. The zero-order chi connectivity index (χ0) is 20.1. The van der Waals surface area contributed by atoms with Crippen LogP contribution >= 0.6 is 12.2 Å². The van der Waals surface area contributed by atoms with Crippen LogP contribution in [0, 0.1) is 17.7 Å². The van der Waals surface area contributed by atoms with E-state index in [0.29, 0.717) is 30.8 Å². The third-order valence-electron chi connectivity index (χ3n) is 5.74. The first-order valence-electron chi connectivity index (χ1n) is 10.3. The fourth-order valence-corrected chi connectivity index (χ4v) is 4.54. The van der Waals surface area contributed by atoms with E-state index in [9.17, 15) is 9.18 Å². The summed E-state index contributed by atoms with van der Waals surface area (Å²) in [5.74, 6) is 1.26. The number of piperazine rings is 1. The summed E-state index contributed by atoms with van der Waals surface area (Å²) >= 11 is 5.51. The normalized spacial score (nSPS) is 23.5. The van der Waals surface area contributed by atoms with Gasteiger partial charge in [-0.05, 0) is 48.2 Å². The molecule has 7 heteroatoms. The fraction of sp³-hybridized carbons (Fsp3) is 0.619. The molecule has 0 spiro atoms. The first kappa shape index (κ1) is 21.0. The van der Waals surface area contributed by atoms with Gasteiger partial charge in [0.25, 0.3) is 5.91 Å². The van der Waals surface area contributed by atoms with Crippen LogP contribution in [0.3, 0.4) is 0 Å². The lowest BCUT2D eigenvalue weighted by Crippen LogP contribution is -3.16. The van der Waals surface area contributed by atoms with Crippen LogP contribution in [0.1, 0.15) is 25.8 Å². The first-order chi connectivity index (χ1) is 13.4. The van der Waals surface area contributed by atoms with Crippen molar-refractivity contribution in [2.45, 2.75) is 26.8 Å². The van der Waals surface area contributed by atoms with Crippen LogP contribution in [-0.4, -0.2) is 66.6 Å². The smallest absolute Gasteiger partial charge is 0.277 e. The summed E-state index contributed by atoms with van der Waals surface area (Å²) in [5, 5.41) is 3.99. The monoisotopic (exact) mass is 407 g/mol. The van der Waals surface area contributed by atoms with Gasteiger partial charge < -0.3 is 20.0 Å². The zero-order valence-electron chi connectivity index (χ0n) is 16.9. The number of rotatable bonds is 4.